The van der Waals surface area contributed by atoms with Gasteiger partial charge in [-0.3, -0.25) is 9.69 Å². The third-order valence-electron chi connectivity index (χ3n) is 6.82. The number of carboxylic acid groups (broad SMARTS) is 1. The normalized spacial score (nSPS) is 20.9. The summed E-state index contributed by atoms with van der Waals surface area (Å²) in [5.74, 6) is -0.923. The number of nitrogens with one attached hydrogen (secondary N) is 1. The minimum Gasteiger partial charge on any atom is -0.489 e. The van der Waals surface area contributed by atoms with Crippen molar-refractivity contribution in [3.05, 3.63) is 65.2 Å². The molecule has 6 nitrogen and oxygen atoms in total. The average molecular weight is 476 g/mol. The second kappa shape index (κ2) is 9.29. The highest BCUT2D eigenvalue weighted by Gasteiger charge is 2.51. The molecule has 0 aromatic heterocycles. The van der Waals surface area contributed by atoms with Gasteiger partial charge in [-0.1, -0.05) is 18.2 Å². The van der Waals surface area contributed by atoms with E-state index in [9.17, 15) is 22.8 Å². The first kappa shape index (κ1) is 24.1. The van der Waals surface area contributed by atoms with E-state index in [1.54, 1.807) is 12.1 Å². The van der Waals surface area contributed by atoms with Crippen LogP contribution < -0.4 is 10.1 Å². The molecule has 1 heterocycles. The van der Waals surface area contributed by atoms with Gasteiger partial charge in [0.25, 0.3) is 0 Å². The second-order valence-electron chi connectivity index (χ2n) is 9.01. The zero-order chi connectivity index (χ0) is 24.5. The first-order valence-electron chi connectivity index (χ1n) is 11.3. The standard InChI is InChI=1S/C25H27F3N2O4/c1-16(17-6-8-18(9-7-17)22(31)32)29-23(33)24(11-3-12-24)30-13-10-21(15-30)34-20-5-2-4-19(14-20)25(26,27)28/h2,4-9,14,16,21H,3,10-13,15H2,1H3,(H,29,33)(H,31,32)/t16?,21-/m1/s1. The van der Waals surface area contributed by atoms with Crippen LogP contribution in [0.4, 0.5) is 13.2 Å². The van der Waals surface area contributed by atoms with Crippen LogP contribution in [0.5, 0.6) is 5.75 Å². The Morgan fingerprint density at radius 1 is 1.18 bits per heavy atom. The van der Waals surface area contributed by atoms with Crippen LogP contribution in [0, 0.1) is 0 Å². The van der Waals surface area contributed by atoms with Gasteiger partial charge in [0, 0.05) is 13.1 Å². The van der Waals surface area contributed by atoms with Gasteiger partial charge in [0.15, 0.2) is 0 Å². The minimum absolute atomic E-state index is 0.0896. The van der Waals surface area contributed by atoms with E-state index in [2.05, 4.69) is 10.2 Å². The number of alkyl halides is 3. The number of hydrogen-bond donors (Lipinski definition) is 2. The molecule has 1 saturated heterocycles. The smallest absolute Gasteiger partial charge is 0.416 e. The number of ether oxygens (including phenoxy) is 1. The van der Waals surface area contributed by atoms with Gasteiger partial charge >= 0.3 is 12.1 Å². The molecule has 2 aliphatic rings. The largest absolute Gasteiger partial charge is 0.489 e. The molecule has 2 aromatic rings. The van der Waals surface area contributed by atoms with Crippen LogP contribution in [0.15, 0.2) is 48.5 Å². The van der Waals surface area contributed by atoms with Crippen molar-refractivity contribution in [1.82, 2.24) is 10.2 Å². The number of amides is 1. The highest BCUT2D eigenvalue weighted by Crippen LogP contribution is 2.41. The molecule has 0 radical (unpaired) electrons. The average Bonchev–Trinajstić information content (AvgIpc) is 3.21. The van der Waals surface area contributed by atoms with E-state index in [1.807, 2.05) is 6.92 Å². The van der Waals surface area contributed by atoms with E-state index >= 15 is 0 Å². The molecule has 9 heteroatoms. The lowest BCUT2D eigenvalue weighted by Crippen LogP contribution is -2.62. The van der Waals surface area contributed by atoms with Crippen molar-refractivity contribution in [3.63, 3.8) is 0 Å². The van der Waals surface area contributed by atoms with Gasteiger partial charge in [-0.2, -0.15) is 13.2 Å². The maximum Gasteiger partial charge on any atom is 0.416 e. The third kappa shape index (κ3) is 4.89. The van der Waals surface area contributed by atoms with E-state index in [-0.39, 0.29) is 29.4 Å². The SMILES string of the molecule is CC(NC(=O)C1(N2CC[C@@H](Oc3cccc(C(F)(F)F)c3)C2)CCC1)c1ccc(C(=O)O)cc1. The summed E-state index contributed by atoms with van der Waals surface area (Å²) in [6, 6.07) is 11.0. The molecule has 2 N–H and O–H groups in total. The maximum atomic E-state index is 13.3. The van der Waals surface area contributed by atoms with Crippen LogP contribution in [-0.4, -0.2) is 46.6 Å². The topological polar surface area (TPSA) is 78.9 Å². The van der Waals surface area contributed by atoms with E-state index < -0.39 is 23.2 Å². The molecule has 1 amide bonds. The fourth-order valence-corrected chi connectivity index (χ4v) is 4.68. The van der Waals surface area contributed by atoms with Crippen LogP contribution >= 0.6 is 0 Å². The van der Waals surface area contributed by atoms with Gasteiger partial charge in [-0.05, 0) is 68.5 Å². The lowest BCUT2D eigenvalue weighted by Gasteiger charge is -2.47. The van der Waals surface area contributed by atoms with E-state index in [0.29, 0.717) is 32.4 Å². The molecule has 34 heavy (non-hydrogen) atoms. The summed E-state index contributed by atoms with van der Waals surface area (Å²) < 4.78 is 44.8. The predicted molar refractivity (Wildman–Crippen MR) is 119 cm³/mol. The zero-order valence-corrected chi connectivity index (χ0v) is 18.8. The summed E-state index contributed by atoms with van der Waals surface area (Å²) in [6.07, 6.45) is -1.77. The number of carbonyl (C=O) groups is 2. The van der Waals surface area contributed by atoms with Crippen molar-refractivity contribution in [3.8, 4) is 5.75 Å². The van der Waals surface area contributed by atoms with E-state index in [0.717, 1.165) is 24.1 Å². The van der Waals surface area contributed by atoms with Crippen LogP contribution in [0.1, 0.15) is 60.1 Å². The van der Waals surface area contributed by atoms with Crippen LogP contribution in [0.2, 0.25) is 0 Å². The van der Waals surface area contributed by atoms with Crippen molar-refractivity contribution in [2.75, 3.05) is 13.1 Å². The number of likely N-dealkylation sites (tertiary alicyclic amines) is 1. The highest BCUT2D eigenvalue weighted by molar-refractivity contribution is 5.88. The predicted octanol–water partition coefficient (Wildman–Crippen LogP) is 4.66. The Kier molecular flexibility index (Phi) is 6.58. The van der Waals surface area contributed by atoms with Crippen molar-refractivity contribution >= 4 is 11.9 Å². The Hall–Kier alpha value is -3.07. The van der Waals surface area contributed by atoms with Crippen molar-refractivity contribution in [1.29, 1.82) is 0 Å². The molecular formula is C25H27F3N2O4. The monoisotopic (exact) mass is 476 g/mol. The molecular weight excluding hydrogens is 449 g/mol. The summed E-state index contributed by atoms with van der Waals surface area (Å²) >= 11 is 0. The number of rotatable bonds is 7. The summed E-state index contributed by atoms with van der Waals surface area (Å²) in [5, 5.41) is 12.1. The Morgan fingerprint density at radius 3 is 2.47 bits per heavy atom. The second-order valence-corrected chi connectivity index (χ2v) is 9.01. The number of hydrogen-bond acceptors (Lipinski definition) is 4. The molecule has 1 aliphatic heterocycles. The molecule has 2 atom stereocenters. The number of aromatic carboxylic acids is 1. The molecule has 182 valence electrons. The Balaban J connectivity index is 1.39. The third-order valence-corrected chi connectivity index (χ3v) is 6.82. The van der Waals surface area contributed by atoms with Crippen molar-refractivity contribution < 1.29 is 32.6 Å². The van der Waals surface area contributed by atoms with Crippen LogP contribution in [0.25, 0.3) is 0 Å². The number of benzene rings is 2. The fourth-order valence-electron chi connectivity index (χ4n) is 4.68. The van der Waals surface area contributed by atoms with Gasteiger partial charge in [-0.15, -0.1) is 0 Å². The van der Waals surface area contributed by atoms with Crippen LogP contribution in [-0.2, 0) is 11.0 Å². The van der Waals surface area contributed by atoms with E-state index in [1.165, 1.54) is 24.3 Å². The van der Waals surface area contributed by atoms with Gasteiger partial charge < -0.3 is 15.2 Å². The Bertz CT molecular complexity index is 1050. The van der Waals surface area contributed by atoms with E-state index in [4.69, 9.17) is 9.84 Å². The number of halogens is 3. The molecule has 0 spiro atoms. The molecule has 4 rings (SSSR count). The summed E-state index contributed by atoms with van der Waals surface area (Å²) in [6.45, 7) is 2.94. The van der Waals surface area contributed by atoms with Gasteiger partial charge in [-0.25, -0.2) is 4.79 Å². The molecule has 1 aliphatic carbocycles. The molecule has 2 aromatic carbocycles. The number of carbonyl (C=O) groups excluding carboxylic acids is 1. The summed E-state index contributed by atoms with van der Waals surface area (Å²) in [4.78, 5) is 26.4. The minimum atomic E-state index is -4.43. The summed E-state index contributed by atoms with van der Waals surface area (Å²) in [7, 11) is 0. The maximum absolute atomic E-state index is 13.3. The molecule has 1 unspecified atom stereocenters. The van der Waals surface area contributed by atoms with Gasteiger partial charge in [0.2, 0.25) is 5.91 Å². The fraction of sp³-hybridized carbons (Fsp3) is 0.440. The lowest BCUT2D eigenvalue weighted by molar-refractivity contribution is -0.140. The first-order valence-corrected chi connectivity index (χ1v) is 11.3. The molecule has 0 bridgehead atoms. The number of nitrogens with zero attached hydrogens (tertiary/aromatic N) is 1. The lowest BCUT2D eigenvalue weighted by atomic mass is 9.74. The van der Waals surface area contributed by atoms with Gasteiger partial charge in [0.05, 0.1) is 17.2 Å². The molecule has 1 saturated carbocycles. The van der Waals surface area contributed by atoms with Crippen molar-refractivity contribution in [2.45, 2.75) is 56.5 Å². The zero-order valence-electron chi connectivity index (χ0n) is 18.8. The summed E-state index contributed by atoms with van der Waals surface area (Å²) in [5.41, 5.74) is -0.414. The quantitative estimate of drug-likeness (QED) is 0.608. The first-order chi connectivity index (χ1) is 16.1. The highest BCUT2D eigenvalue weighted by atomic mass is 19.4. The van der Waals surface area contributed by atoms with Gasteiger partial charge in [0.1, 0.15) is 17.4 Å². The number of carboxylic acids is 1. The van der Waals surface area contributed by atoms with Crippen molar-refractivity contribution in [2.24, 2.45) is 0 Å². The molecule has 2 fully saturated rings. The Labute approximate surface area is 195 Å². The van der Waals surface area contributed by atoms with Crippen LogP contribution in [0.3, 0.4) is 0 Å². The Morgan fingerprint density at radius 2 is 1.88 bits per heavy atom.